The van der Waals surface area contributed by atoms with Gasteiger partial charge in [-0.2, -0.15) is 0 Å². The predicted molar refractivity (Wildman–Crippen MR) is 129 cm³/mol. The van der Waals surface area contributed by atoms with Gasteiger partial charge in [0.05, 0.1) is 0 Å². The summed E-state index contributed by atoms with van der Waals surface area (Å²) in [5.74, 6) is 0.937. The fourth-order valence-corrected chi connectivity index (χ4v) is 4.75. The van der Waals surface area contributed by atoms with Crippen LogP contribution in [-0.2, 0) is 12.8 Å². The Morgan fingerprint density at radius 2 is 1.30 bits per heavy atom. The van der Waals surface area contributed by atoms with Crippen molar-refractivity contribution in [3.63, 3.8) is 0 Å². The van der Waals surface area contributed by atoms with E-state index in [1.54, 1.807) is 0 Å². The van der Waals surface area contributed by atoms with Crippen LogP contribution in [0.4, 0.5) is 0 Å². The number of benzene rings is 2. The van der Waals surface area contributed by atoms with E-state index in [-0.39, 0.29) is 0 Å². The lowest BCUT2D eigenvalue weighted by atomic mass is 9.87. The maximum absolute atomic E-state index is 3.89. The van der Waals surface area contributed by atoms with Crippen molar-refractivity contribution in [1.29, 1.82) is 0 Å². The first-order valence-electron chi connectivity index (χ1n) is 12.0. The number of nitrogens with one attached hydrogen (secondary N) is 3. The molecule has 0 aromatic heterocycles. The lowest BCUT2D eigenvalue weighted by molar-refractivity contribution is 0.323. The molecule has 0 amide bonds. The highest BCUT2D eigenvalue weighted by Gasteiger charge is 2.16. The molecule has 1 aliphatic rings. The quantitative estimate of drug-likeness (QED) is 0.455. The fourth-order valence-electron chi connectivity index (χ4n) is 4.75. The minimum absolute atomic E-state index is 0.441. The van der Waals surface area contributed by atoms with Crippen LogP contribution in [-0.4, -0.2) is 38.8 Å². The van der Waals surface area contributed by atoms with Gasteiger partial charge in [0.25, 0.3) is 0 Å². The molecule has 2 aromatic rings. The number of hydrogen-bond donors (Lipinski definition) is 3. The summed E-state index contributed by atoms with van der Waals surface area (Å²) in [5.41, 5.74) is 2.82. The standard InChI is InChI=1S/C27H41N3/c1-28-21-26(19-24-13-7-3-8-14-24)30-22-27(20-25-15-9-4-10-16-25)29-18-17-23-11-5-2-6-12-23/h3-4,7-10,13-16,23,26-30H,2,5-6,11-12,17-22H2,1H3/t26-,27-/m0/s1. The molecule has 1 fully saturated rings. The smallest absolute Gasteiger partial charge is 0.0233 e. The molecular weight excluding hydrogens is 366 g/mol. The zero-order valence-electron chi connectivity index (χ0n) is 18.8. The molecule has 0 heterocycles. The summed E-state index contributed by atoms with van der Waals surface area (Å²) in [6, 6.07) is 22.7. The summed E-state index contributed by atoms with van der Waals surface area (Å²) < 4.78 is 0. The summed E-state index contributed by atoms with van der Waals surface area (Å²) in [7, 11) is 2.05. The van der Waals surface area contributed by atoms with Crippen molar-refractivity contribution in [2.24, 2.45) is 5.92 Å². The zero-order chi connectivity index (χ0) is 20.9. The highest BCUT2D eigenvalue weighted by atomic mass is 15.0. The van der Waals surface area contributed by atoms with E-state index in [9.17, 15) is 0 Å². The molecule has 0 saturated heterocycles. The van der Waals surface area contributed by atoms with Crippen LogP contribution < -0.4 is 16.0 Å². The molecule has 1 saturated carbocycles. The van der Waals surface area contributed by atoms with Gasteiger partial charge >= 0.3 is 0 Å². The average molecular weight is 408 g/mol. The van der Waals surface area contributed by atoms with Gasteiger partial charge in [-0.25, -0.2) is 0 Å². The van der Waals surface area contributed by atoms with Crippen molar-refractivity contribution in [2.75, 3.05) is 26.7 Å². The monoisotopic (exact) mass is 407 g/mol. The van der Waals surface area contributed by atoms with E-state index >= 15 is 0 Å². The highest BCUT2D eigenvalue weighted by Crippen LogP contribution is 2.25. The Bertz CT molecular complexity index is 667. The summed E-state index contributed by atoms with van der Waals surface area (Å²) in [5, 5.41) is 11.1. The molecule has 3 N–H and O–H groups in total. The maximum atomic E-state index is 3.89. The van der Waals surface area contributed by atoms with Crippen LogP contribution in [0.1, 0.15) is 49.7 Å². The molecular formula is C27H41N3. The molecule has 3 heteroatoms. The van der Waals surface area contributed by atoms with Crippen LogP contribution in [0.2, 0.25) is 0 Å². The second-order valence-electron chi connectivity index (χ2n) is 8.99. The molecule has 0 aliphatic heterocycles. The average Bonchev–Trinajstić information content (AvgIpc) is 2.79. The van der Waals surface area contributed by atoms with Gasteiger partial charge in [-0.05, 0) is 49.9 Å². The topological polar surface area (TPSA) is 36.1 Å². The minimum Gasteiger partial charge on any atom is -0.318 e. The van der Waals surface area contributed by atoms with Crippen LogP contribution in [0.3, 0.4) is 0 Å². The van der Waals surface area contributed by atoms with Crippen LogP contribution >= 0.6 is 0 Å². The second-order valence-corrected chi connectivity index (χ2v) is 8.99. The van der Waals surface area contributed by atoms with Crippen molar-refractivity contribution in [3.05, 3.63) is 71.8 Å². The summed E-state index contributed by atoms with van der Waals surface area (Å²) >= 11 is 0. The molecule has 0 spiro atoms. The Morgan fingerprint density at radius 3 is 1.87 bits per heavy atom. The van der Waals surface area contributed by atoms with Crippen molar-refractivity contribution in [3.8, 4) is 0 Å². The molecule has 3 nitrogen and oxygen atoms in total. The van der Waals surface area contributed by atoms with E-state index in [0.29, 0.717) is 12.1 Å². The third kappa shape index (κ3) is 8.59. The van der Waals surface area contributed by atoms with E-state index in [1.165, 1.54) is 49.7 Å². The Morgan fingerprint density at radius 1 is 0.733 bits per heavy atom. The van der Waals surface area contributed by atoms with Gasteiger partial charge < -0.3 is 16.0 Å². The zero-order valence-corrected chi connectivity index (χ0v) is 18.8. The van der Waals surface area contributed by atoms with E-state index in [4.69, 9.17) is 0 Å². The van der Waals surface area contributed by atoms with E-state index in [2.05, 4.69) is 76.6 Å². The van der Waals surface area contributed by atoms with Gasteiger partial charge in [-0.1, -0.05) is 92.8 Å². The Hall–Kier alpha value is -1.68. The van der Waals surface area contributed by atoms with E-state index in [1.807, 2.05) is 7.05 Å². The number of rotatable bonds is 13. The maximum Gasteiger partial charge on any atom is 0.0233 e. The molecule has 2 aromatic carbocycles. The molecule has 0 unspecified atom stereocenters. The minimum atomic E-state index is 0.441. The Kier molecular flexibility index (Phi) is 10.4. The highest BCUT2D eigenvalue weighted by molar-refractivity contribution is 5.17. The van der Waals surface area contributed by atoms with Crippen molar-refractivity contribution < 1.29 is 0 Å². The summed E-state index contributed by atoms with van der Waals surface area (Å²) in [6.45, 7) is 3.12. The SMILES string of the molecule is CNC[C@H](Cc1ccccc1)NC[C@H](Cc1ccccc1)NCCC1CCCCC1. The van der Waals surface area contributed by atoms with E-state index < -0.39 is 0 Å². The second kappa shape index (κ2) is 13.6. The molecule has 0 bridgehead atoms. The molecule has 164 valence electrons. The lowest BCUT2D eigenvalue weighted by Gasteiger charge is -2.26. The van der Waals surface area contributed by atoms with Crippen LogP contribution in [0.5, 0.6) is 0 Å². The number of hydrogen-bond acceptors (Lipinski definition) is 3. The fraction of sp³-hybridized carbons (Fsp3) is 0.556. The van der Waals surface area contributed by atoms with Gasteiger partial charge in [0.2, 0.25) is 0 Å². The third-order valence-electron chi connectivity index (χ3n) is 6.46. The van der Waals surface area contributed by atoms with Gasteiger partial charge in [-0.15, -0.1) is 0 Å². The van der Waals surface area contributed by atoms with E-state index in [0.717, 1.165) is 38.4 Å². The Balaban J connectivity index is 1.52. The summed E-state index contributed by atoms with van der Waals surface area (Å²) in [4.78, 5) is 0. The van der Waals surface area contributed by atoms with Gasteiger partial charge in [0.15, 0.2) is 0 Å². The lowest BCUT2D eigenvalue weighted by Crippen LogP contribution is -2.47. The van der Waals surface area contributed by atoms with Crippen molar-refractivity contribution in [1.82, 2.24) is 16.0 Å². The van der Waals surface area contributed by atoms with Crippen molar-refractivity contribution >= 4 is 0 Å². The van der Waals surface area contributed by atoms with Gasteiger partial charge in [-0.3, -0.25) is 0 Å². The first kappa shape index (κ1) is 23.0. The van der Waals surface area contributed by atoms with Gasteiger partial charge in [0.1, 0.15) is 0 Å². The van der Waals surface area contributed by atoms with Crippen LogP contribution in [0.25, 0.3) is 0 Å². The van der Waals surface area contributed by atoms with Crippen molar-refractivity contribution in [2.45, 2.75) is 63.5 Å². The summed E-state index contributed by atoms with van der Waals surface area (Å²) in [6.07, 6.45) is 10.6. The molecule has 3 rings (SSSR count). The van der Waals surface area contributed by atoms with Gasteiger partial charge in [0, 0.05) is 25.2 Å². The number of likely N-dealkylation sites (N-methyl/N-ethyl adjacent to an activating group) is 1. The molecule has 30 heavy (non-hydrogen) atoms. The van der Waals surface area contributed by atoms with Crippen LogP contribution in [0.15, 0.2) is 60.7 Å². The van der Waals surface area contributed by atoms with Crippen LogP contribution in [0, 0.1) is 5.92 Å². The molecule has 0 radical (unpaired) electrons. The predicted octanol–water partition coefficient (Wildman–Crippen LogP) is 4.58. The largest absolute Gasteiger partial charge is 0.318 e. The first-order valence-corrected chi connectivity index (χ1v) is 12.0. The molecule has 1 aliphatic carbocycles. The third-order valence-corrected chi connectivity index (χ3v) is 6.46. The first-order chi connectivity index (χ1) is 14.8. The molecule has 2 atom stereocenters. The Labute approximate surface area is 184 Å². The normalized spacial score (nSPS) is 17.0.